The third kappa shape index (κ3) is 3.04. The number of fused-ring (bicyclic) bond motifs is 1. The van der Waals surface area contributed by atoms with E-state index in [1.807, 2.05) is 23.2 Å². The van der Waals surface area contributed by atoms with Gasteiger partial charge in [0.25, 0.3) is 5.91 Å². The second-order valence-corrected chi connectivity index (χ2v) is 7.04. The van der Waals surface area contributed by atoms with Crippen LogP contribution in [0.25, 0.3) is 0 Å². The zero-order chi connectivity index (χ0) is 18.1. The van der Waals surface area contributed by atoms with Gasteiger partial charge in [-0.25, -0.2) is 4.98 Å². The van der Waals surface area contributed by atoms with Crippen LogP contribution in [-0.4, -0.2) is 47.7 Å². The fourth-order valence-corrected chi connectivity index (χ4v) is 4.04. The summed E-state index contributed by atoms with van der Waals surface area (Å²) in [5, 5.41) is 0. The molecule has 0 unspecified atom stereocenters. The molecule has 2 aromatic rings. The number of ether oxygens (including phenoxy) is 2. The van der Waals surface area contributed by atoms with Gasteiger partial charge in [0.2, 0.25) is 0 Å². The number of amides is 1. The Balaban J connectivity index is 1.55. The summed E-state index contributed by atoms with van der Waals surface area (Å²) in [5.74, 6) is 3.07. The van der Waals surface area contributed by atoms with E-state index in [1.54, 1.807) is 14.2 Å². The predicted octanol–water partition coefficient (Wildman–Crippen LogP) is 2.87. The Bertz CT molecular complexity index is 809. The summed E-state index contributed by atoms with van der Waals surface area (Å²) < 4.78 is 13.0. The third-order valence-electron chi connectivity index (χ3n) is 5.49. The lowest BCUT2D eigenvalue weighted by molar-refractivity contribution is 0.0787. The van der Waals surface area contributed by atoms with Crippen molar-refractivity contribution in [3.63, 3.8) is 0 Å². The van der Waals surface area contributed by atoms with Crippen LogP contribution in [-0.2, 0) is 13.0 Å². The molecule has 0 radical (unpaired) electrons. The Labute approximate surface area is 153 Å². The van der Waals surface area contributed by atoms with Crippen LogP contribution in [0, 0.1) is 0 Å². The zero-order valence-electron chi connectivity index (χ0n) is 15.4. The zero-order valence-corrected chi connectivity index (χ0v) is 15.4. The van der Waals surface area contributed by atoms with Crippen molar-refractivity contribution in [2.75, 3.05) is 27.3 Å². The smallest absolute Gasteiger partial charge is 0.274 e. The molecule has 1 aromatic carbocycles. The normalized spacial score (nSPS) is 19.3. The fraction of sp³-hybridized carbons (Fsp3) is 0.500. The van der Waals surface area contributed by atoms with Gasteiger partial charge in [0, 0.05) is 44.2 Å². The van der Waals surface area contributed by atoms with Gasteiger partial charge < -0.3 is 18.9 Å². The van der Waals surface area contributed by atoms with Crippen LogP contribution in [0.2, 0.25) is 0 Å². The maximum Gasteiger partial charge on any atom is 0.274 e. The number of aryl methyl sites for hydroxylation is 1. The maximum absolute atomic E-state index is 12.6. The van der Waals surface area contributed by atoms with E-state index < -0.39 is 0 Å². The number of hydrogen-bond acceptors (Lipinski definition) is 4. The highest BCUT2D eigenvalue weighted by Crippen LogP contribution is 2.36. The lowest BCUT2D eigenvalue weighted by Gasteiger charge is -2.25. The summed E-state index contributed by atoms with van der Waals surface area (Å²) in [7, 11) is 3.35. The Morgan fingerprint density at radius 2 is 2.00 bits per heavy atom. The topological polar surface area (TPSA) is 56.6 Å². The van der Waals surface area contributed by atoms with Crippen molar-refractivity contribution in [2.45, 2.75) is 38.1 Å². The standard InChI is InChI=1S/C20H25N3O3/c1-25-15-6-7-16(18(11-15)26-2)14-5-8-19-21-17(13-23(19)12-14)20(24)22-9-3-4-10-22/h6-7,11,13-14H,3-5,8-10,12H2,1-2H3/t14-/m1/s1. The second kappa shape index (κ2) is 7.02. The Hall–Kier alpha value is -2.50. The predicted molar refractivity (Wildman–Crippen MR) is 98.0 cm³/mol. The van der Waals surface area contributed by atoms with Crippen molar-refractivity contribution in [3.8, 4) is 11.5 Å². The molecule has 2 aliphatic rings. The van der Waals surface area contributed by atoms with Crippen molar-refractivity contribution < 1.29 is 14.3 Å². The van der Waals surface area contributed by atoms with Gasteiger partial charge in [-0.2, -0.15) is 0 Å². The van der Waals surface area contributed by atoms with Crippen molar-refractivity contribution in [3.05, 3.63) is 41.5 Å². The molecule has 6 nitrogen and oxygen atoms in total. The molecule has 0 saturated carbocycles. The van der Waals surface area contributed by atoms with Crippen molar-refractivity contribution in [2.24, 2.45) is 0 Å². The molecule has 1 atom stereocenters. The van der Waals surface area contributed by atoms with Crippen LogP contribution >= 0.6 is 0 Å². The Kier molecular flexibility index (Phi) is 4.57. The van der Waals surface area contributed by atoms with Crippen molar-refractivity contribution in [1.29, 1.82) is 0 Å². The van der Waals surface area contributed by atoms with E-state index in [0.29, 0.717) is 11.6 Å². The van der Waals surface area contributed by atoms with Crippen LogP contribution < -0.4 is 9.47 Å². The molecule has 1 fully saturated rings. The van der Waals surface area contributed by atoms with E-state index in [0.717, 1.165) is 62.6 Å². The van der Waals surface area contributed by atoms with Gasteiger partial charge in [0.05, 0.1) is 14.2 Å². The number of carbonyl (C=O) groups excluding carboxylic acids is 1. The van der Waals surface area contributed by atoms with Crippen LogP contribution in [0.1, 0.15) is 47.1 Å². The summed E-state index contributed by atoms with van der Waals surface area (Å²) in [5.41, 5.74) is 1.77. The van der Waals surface area contributed by atoms with E-state index in [9.17, 15) is 4.79 Å². The van der Waals surface area contributed by atoms with E-state index in [2.05, 4.69) is 15.6 Å². The second-order valence-electron chi connectivity index (χ2n) is 7.04. The van der Waals surface area contributed by atoms with E-state index in [4.69, 9.17) is 9.47 Å². The number of imidazole rings is 1. The summed E-state index contributed by atoms with van der Waals surface area (Å²) in [6.45, 7) is 2.53. The first kappa shape index (κ1) is 16.9. The first-order valence-electron chi connectivity index (χ1n) is 9.27. The molecule has 26 heavy (non-hydrogen) atoms. The van der Waals surface area contributed by atoms with Gasteiger partial charge in [-0.15, -0.1) is 0 Å². The Morgan fingerprint density at radius 3 is 2.73 bits per heavy atom. The number of hydrogen-bond donors (Lipinski definition) is 0. The first-order valence-corrected chi connectivity index (χ1v) is 9.27. The van der Waals surface area contributed by atoms with E-state index in [1.165, 1.54) is 5.56 Å². The highest BCUT2D eigenvalue weighted by atomic mass is 16.5. The Morgan fingerprint density at radius 1 is 1.19 bits per heavy atom. The molecule has 1 amide bonds. The minimum atomic E-state index is 0.0722. The monoisotopic (exact) mass is 355 g/mol. The first-order chi connectivity index (χ1) is 12.7. The molecule has 6 heteroatoms. The number of carbonyl (C=O) groups is 1. The van der Waals surface area contributed by atoms with Crippen LogP contribution in [0.15, 0.2) is 24.4 Å². The SMILES string of the molecule is COc1ccc([C@@H]2CCc3nc(C(=O)N4CCCC4)cn3C2)c(OC)c1. The molecule has 2 aliphatic heterocycles. The third-order valence-corrected chi connectivity index (χ3v) is 5.49. The van der Waals surface area contributed by atoms with Gasteiger partial charge in [0.15, 0.2) is 0 Å². The summed E-state index contributed by atoms with van der Waals surface area (Å²) in [6, 6.07) is 5.99. The lowest BCUT2D eigenvalue weighted by Crippen LogP contribution is -2.27. The fourth-order valence-electron chi connectivity index (χ4n) is 4.04. The number of nitrogens with zero attached hydrogens (tertiary/aromatic N) is 3. The maximum atomic E-state index is 12.6. The molecular formula is C20H25N3O3. The molecule has 1 aromatic heterocycles. The van der Waals surface area contributed by atoms with Gasteiger partial charge in [-0.3, -0.25) is 4.79 Å². The lowest BCUT2D eigenvalue weighted by atomic mass is 9.91. The molecule has 0 aliphatic carbocycles. The average molecular weight is 355 g/mol. The summed E-state index contributed by atoms with van der Waals surface area (Å²) in [6.07, 6.45) is 5.99. The molecular weight excluding hydrogens is 330 g/mol. The van der Waals surface area contributed by atoms with Crippen molar-refractivity contribution >= 4 is 5.91 Å². The molecule has 0 spiro atoms. The van der Waals surface area contributed by atoms with Gasteiger partial charge in [-0.1, -0.05) is 6.07 Å². The summed E-state index contributed by atoms with van der Waals surface area (Å²) in [4.78, 5) is 19.1. The molecule has 4 rings (SSSR count). The minimum absolute atomic E-state index is 0.0722. The molecule has 138 valence electrons. The quantitative estimate of drug-likeness (QED) is 0.846. The van der Waals surface area contributed by atoms with Crippen LogP contribution in [0.3, 0.4) is 0 Å². The van der Waals surface area contributed by atoms with Gasteiger partial charge in [0.1, 0.15) is 23.0 Å². The molecule has 3 heterocycles. The number of aromatic nitrogens is 2. The largest absolute Gasteiger partial charge is 0.497 e. The molecule has 0 N–H and O–H groups in total. The highest BCUT2D eigenvalue weighted by Gasteiger charge is 2.27. The number of rotatable bonds is 4. The van der Waals surface area contributed by atoms with Gasteiger partial charge >= 0.3 is 0 Å². The number of methoxy groups -OCH3 is 2. The minimum Gasteiger partial charge on any atom is -0.497 e. The van der Waals surface area contributed by atoms with E-state index >= 15 is 0 Å². The van der Waals surface area contributed by atoms with Crippen LogP contribution in [0.5, 0.6) is 11.5 Å². The van der Waals surface area contributed by atoms with E-state index in [-0.39, 0.29) is 5.91 Å². The molecule has 1 saturated heterocycles. The number of benzene rings is 1. The number of likely N-dealkylation sites (tertiary alicyclic amines) is 1. The average Bonchev–Trinajstić information content (AvgIpc) is 3.36. The van der Waals surface area contributed by atoms with Crippen LogP contribution in [0.4, 0.5) is 0 Å². The molecule has 0 bridgehead atoms. The summed E-state index contributed by atoms with van der Waals surface area (Å²) >= 11 is 0. The highest BCUT2D eigenvalue weighted by molar-refractivity contribution is 5.92. The van der Waals surface area contributed by atoms with Crippen molar-refractivity contribution in [1.82, 2.24) is 14.5 Å². The van der Waals surface area contributed by atoms with Gasteiger partial charge in [-0.05, 0) is 30.9 Å².